The van der Waals surface area contributed by atoms with Gasteiger partial charge in [-0.25, -0.2) is 0 Å². The summed E-state index contributed by atoms with van der Waals surface area (Å²) in [6, 6.07) is 7.77. The zero-order valence-electron chi connectivity index (χ0n) is 12.1. The van der Waals surface area contributed by atoms with Gasteiger partial charge in [0.1, 0.15) is 5.69 Å². The van der Waals surface area contributed by atoms with Crippen LogP contribution in [0.4, 0.5) is 0 Å². The highest BCUT2D eigenvalue weighted by Crippen LogP contribution is 2.09. The monoisotopic (exact) mass is 272 g/mol. The van der Waals surface area contributed by atoms with Crippen molar-refractivity contribution in [3.8, 4) is 0 Å². The predicted molar refractivity (Wildman–Crippen MR) is 78.2 cm³/mol. The summed E-state index contributed by atoms with van der Waals surface area (Å²) in [7, 11) is 5.54. The van der Waals surface area contributed by atoms with Crippen LogP contribution in [0.5, 0.6) is 0 Å². The van der Waals surface area contributed by atoms with E-state index in [9.17, 15) is 4.79 Å². The van der Waals surface area contributed by atoms with E-state index < -0.39 is 0 Å². The SMILES string of the molecule is CN(Cc1cccnc1)Cc1ccc(C(=O)N(C)C)[nH]1. The quantitative estimate of drug-likeness (QED) is 0.902. The first-order chi connectivity index (χ1) is 9.56. The normalized spacial score (nSPS) is 10.8. The zero-order valence-corrected chi connectivity index (χ0v) is 12.1. The fourth-order valence-electron chi connectivity index (χ4n) is 2.05. The van der Waals surface area contributed by atoms with Gasteiger partial charge >= 0.3 is 0 Å². The van der Waals surface area contributed by atoms with Crippen molar-refractivity contribution < 1.29 is 4.79 Å². The van der Waals surface area contributed by atoms with Gasteiger partial charge in [0.2, 0.25) is 0 Å². The van der Waals surface area contributed by atoms with Crippen LogP contribution in [0.2, 0.25) is 0 Å². The van der Waals surface area contributed by atoms with E-state index in [-0.39, 0.29) is 5.91 Å². The minimum atomic E-state index is -0.00818. The predicted octanol–water partition coefficient (Wildman–Crippen LogP) is 1.74. The lowest BCUT2D eigenvalue weighted by Crippen LogP contribution is -2.22. The van der Waals surface area contributed by atoms with Crippen LogP contribution in [0.3, 0.4) is 0 Å². The Morgan fingerprint density at radius 2 is 2.00 bits per heavy atom. The lowest BCUT2D eigenvalue weighted by molar-refractivity contribution is 0.0822. The van der Waals surface area contributed by atoms with Gasteiger partial charge in [0.25, 0.3) is 5.91 Å². The smallest absolute Gasteiger partial charge is 0.269 e. The first-order valence-corrected chi connectivity index (χ1v) is 6.53. The van der Waals surface area contributed by atoms with Crippen LogP contribution in [0.25, 0.3) is 0 Å². The van der Waals surface area contributed by atoms with Gasteiger partial charge in [-0.2, -0.15) is 0 Å². The fraction of sp³-hybridized carbons (Fsp3) is 0.333. The van der Waals surface area contributed by atoms with Crippen LogP contribution in [-0.2, 0) is 13.1 Å². The molecule has 1 amide bonds. The molecule has 0 aliphatic rings. The molecule has 5 nitrogen and oxygen atoms in total. The fourth-order valence-corrected chi connectivity index (χ4v) is 2.05. The molecular formula is C15H20N4O. The molecule has 2 rings (SSSR count). The van der Waals surface area contributed by atoms with Gasteiger partial charge in [-0.3, -0.25) is 14.7 Å². The second-order valence-corrected chi connectivity index (χ2v) is 5.13. The summed E-state index contributed by atoms with van der Waals surface area (Å²) in [6.07, 6.45) is 3.64. The van der Waals surface area contributed by atoms with E-state index in [1.807, 2.05) is 31.4 Å². The van der Waals surface area contributed by atoms with Gasteiger partial charge in [-0.05, 0) is 30.8 Å². The van der Waals surface area contributed by atoms with Crippen molar-refractivity contribution in [2.75, 3.05) is 21.1 Å². The third-order valence-electron chi connectivity index (χ3n) is 3.00. The average molecular weight is 272 g/mol. The number of aromatic nitrogens is 2. The molecule has 2 aromatic rings. The average Bonchev–Trinajstić information content (AvgIpc) is 2.87. The number of H-pyrrole nitrogens is 1. The van der Waals surface area contributed by atoms with E-state index >= 15 is 0 Å². The van der Waals surface area contributed by atoms with E-state index in [0.717, 1.165) is 18.8 Å². The standard InChI is InChI=1S/C15H20N4O/c1-18(2)15(20)14-7-6-13(17-14)11-19(3)10-12-5-4-8-16-9-12/h4-9,17H,10-11H2,1-3H3. The number of amides is 1. The van der Waals surface area contributed by atoms with Crippen molar-refractivity contribution in [1.29, 1.82) is 0 Å². The molecule has 20 heavy (non-hydrogen) atoms. The lowest BCUT2D eigenvalue weighted by Gasteiger charge is -2.15. The number of hydrogen-bond donors (Lipinski definition) is 1. The molecule has 0 aliphatic heterocycles. The second-order valence-electron chi connectivity index (χ2n) is 5.13. The number of pyridine rings is 1. The summed E-state index contributed by atoms with van der Waals surface area (Å²) in [6.45, 7) is 1.58. The Bertz CT molecular complexity index is 562. The third kappa shape index (κ3) is 3.68. The Kier molecular flexibility index (Phi) is 4.53. The van der Waals surface area contributed by atoms with Crippen LogP contribution in [-0.4, -0.2) is 46.8 Å². The van der Waals surface area contributed by atoms with Gasteiger partial charge < -0.3 is 9.88 Å². The van der Waals surface area contributed by atoms with E-state index in [4.69, 9.17) is 0 Å². The maximum atomic E-state index is 11.8. The maximum Gasteiger partial charge on any atom is 0.269 e. The van der Waals surface area contributed by atoms with Crippen LogP contribution < -0.4 is 0 Å². The first kappa shape index (κ1) is 14.3. The van der Waals surface area contributed by atoms with Crippen molar-refractivity contribution in [2.45, 2.75) is 13.1 Å². The summed E-state index contributed by atoms with van der Waals surface area (Å²) in [5.74, 6) is -0.00818. The van der Waals surface area contributed by atoms with E-state index in [1.165, 1.54) is 5.56 Å². The lowest BCUT2D eigenvalue weighted by atomic mass is 10.2. The summed E-state index contributed by atoms with van der Waals surface area (Å²) >= 11 is 0. The molecule has 0 spiro atoms. The van der Waals surface area contributed by atoms with Gasteiger partial charge in [-0.1, -0.05) is 6.07 Å². The molecule has 106 valence electrons. The number of nitrogens with zero attached hydrogens (tertiary/aromatic N) is 3. The summed E-state index contributed by atoms with van der Waals surface area (Å²) < 4.78 is 0. The molecule has 0 aliphatic carbocycles. The third-order valence-corrected chi connectivity index (χ3v) is 3.00. The number of carbonyl (C=O) groups excluding carboxylic acids is 1. The van der Waals surface area contributed by atoms with Gasteiger partial charge in [0.05, 0.1) is 0 Å². The van der Waals surface area contributed by atoms with Crippen molar-refractivity contribution in [3.63, 3.8) is 0 Å². The molecule has 5 heteroatoms. The minimum absolute atomic E-state index is 0.00818. The minimum Gasteiger partial charge on any atom is -0.353 e. The van der Waals surface area contributed by atoms with Crippen molar-refractivity contribution in [1.82, 2.24) is 19.8 Å². The number of hydrogen-bond acceptors (Lipinski definition) is 3. The highest BCUT2D eigenvalue weighted by molar-refractivity contribution is 5.92. The Morgan fingerprint density at radius 1 is 1.20 bits per heavy atom. The molecule has 1 N–H and O–H groups in total. The molecular weight excluding hydrogens is 252 g/mol. The Hall–Kier alpha value is -2.14. The molecule has 0 saturated heterocycles. The van der Waals surface area contributed by atoms with Crippen LogP contribution in [0, 0.1) is 0 Å². The van der Waals surface area contributed by atoms with Gasteiger partial charge in [0.15, 0.2) is 0 Å². The van der Waals surface area contributed by atoms with Crippen molar-refractivity contribution >= 4 is 5.91 Å². The van der Waals surface area contributed by atoms with Crippen LogP contribution >= 0.6 is 0 Å². The molecule has 0 atom stereocenters. The van der Waals surface area contributed by atoms with E-state index in [0.29, 0.717) is 5.69 Å². The summed E-state index contributed by atoms with van der Waals surface area (Å²) in [5.41, 5.74) is 2.83. The molecule has 0 bridgehead atoms. The Morgan fingerprint density at radius 3 is 2.65 bits per heavy atom. The highest BCUT2D eigenvalue weighted by Gasteiger charge is 2.11. The number of rotatable bonds is 5. The van der Waals surface area contributed by atoms with Crippen molar-refractivity contribution in [2.24, 2.45) is 0 Å². The Balaban J connectivity index is 1.95. The Labute approximate surface area is 119 Å². The van der Waals surface area contributed by atoms with Gasteiger partial charge in [0, 0.05) is 45.3 Å². The number of nitrogens with one attached hydrogen (secondary N) is 1. The molecule has 0 aromatic carbocycles. The molecule has 0 unspecified atom stereocenters. The molecule has 2 heterocycles. The molecule has 0 fully saturated rings. The summed E-state index contributed by atoms with van der Waals surface area (Å²) in [4.78, 5) is 22.8. The highest BCUT2D eigenvalue weighted by atomic mass is 16.2. The van der Waals surface area contributed by atoms with E-state index in [2.05, 4.69) is 20.9 Å². The first-order valence-electron chi connectivity index (χ1n) is 6.53. The van der Waals surface area contributed by atoms with Crippen LogP contribution in [0.1, 0.15) is 21.7 Å². The number of aromatic amines is 1. The molecule has 0 saturated carbocycles. The second kappa shape index (κ2) is 6.34. The molecule has 2 aromatic heterocycles. The largest absolute Gasteiger partial charge is 0.353 e. The van der Waals surface area contributed by atoms with E-state index in [1.54, 1.807) is 25.2 Å². The van der Waals surface area contributed by atoms with Gasteiger partial charge in [-0.15, -0.1) is 0 Å². The summed E-state index contributed by atoms with van der Waals surface area (Å²) in [5, 5.41) is 0. The van der Waals surface area contributed by atoms with Crippen molar-refractivity contribution in [3.05, 3.63) is 53.6 Å². The number of carbonyl (C=O) groups is 1. The van der Waals surface area contributed by atoms with Crippen LogP contribution in [0.15, 0.2) is 36.7 Å². The molecule has 0 radical (unpaired) electrons. The maximum absolute atomic E-state index is 11.8. The topological polar surface area (TPSA) is 52.2 Å². The zero-order chi connectivity index (χ0) is 14.5.